The molecule has 0 saturated carbocycles. The van der Waals surface area contributed by atoms with Gasteiger partial charge in [-0.2, -0.15) is 4.98 Å². The van der Waals surface area contributed by atoms with E-state index in [9.17, 15) is 4.79 Å². The Hall–Kier alpha value is -1.43. The van der Waals surface area contributed by atoms with Gasteiger partial charge in [-0.1, -0.05) is 25.9 Å². The van der Waals surface area contributed by atoms with Crippen molar-refractivity contribution in [2.45, 2.75) is 40.2 Å². The first-order chi connectivity index (χ1) is 8.38. The van der Waals surface area contributed by atoms with Crippen molar-refractivity contribution >= 4 is 5.97 Å². The summed E-state index contributed by atoms with van der Waals surface area (Å²) in [4.78, 5) is 15.4. The van der Waals surface area contributed by atoms with Gasteiger partial charge in [0.05, 0.1) is 6.61 Å². The van der Waals surface area contributed by atoms with E-state index in [0.29, 0.717) is 12.4 Å². The average Bonchev–Trinajstić information content (AvgIpc) is 2.65. The quantitative estimate of drug-likeness (QED) is 0.749. The molecule has 0 N–H and O–H groups in total. The van der Waals surface area contributed by atoms with E-state index >= 15 is 0 Å². The van der Waals surface area contributed by atoms with Gasteiger partial charge in [0.25, 0.3) is 0 Å². The average molecular weight is 256 g/mol. The highest BCUT2D eigenvalue weighted by atomic mass is 16.5. The standard InChI is InChI=1S/C12H20N2O4/c1-6-17-9(15)7-8-13-11(14-18-8)10(16-5)12(2,3)4/h10H,6-7H2,1-5H3. The Morgan fingerprint density at radius 3 is 2.61 bits per heavy atom. The molecular weight excluding hydrogens is 236 g/mol. The van der Waals surface area contributed by atoms with Crippen molar-refractivity contribution in [2.24, 2.45) is 5.41 Å². The Bertz CT molecular complexity index is 395. The third-order valence-corrected chi connectivity index (χ3v) is 2.34. The van der Waals surface area contributed by atoms with Gasteiger partial charge in [0.2, 0.25) is 11.7 Å². The van der Waals surface area contributed by atoms with Crippen LogP contribution in [0.2, 0.25) is 0 Å². The minimum absolute atomic E-state index is 0.0125. The number of methoxy groups -OCH3 is 1. The first-order valence-electron chi connectivity index (χ1n) is 5.89. The van der Waals surface area contributed by atoms with Crippen LogP contribution in [-0.4, -0.2) is 29.8 Å². The molecule has 0 bridgehead atoms. The second kappa shape index (κ2) is 5.95. The monoisotopic (exact) mass is 256 g/mol. The highest BCUT2D eigenvalue weighted by Crippen LogP contribution is 2.33. The molecule has 6 heteroatoms. The van der Waals surface area contributed by atoms with E-state index in [1.165, 1.54) is 0 Å². The molecule has 0 aliphatic carbocycles. The molecule has 1 rings (SSSR count). The van der Waals surface area contributed by atoms with Crippen molar-refractivity contribution in [2.75, 3.05) is 13.7 Å². The van der Waals surface area contributed by atoms with Crippen LogP contribution in [0, 0.1) is 5.41 Å². The maximum absolute atomic E-state index is 11.3. The minimum Gasteiger partial charge on any atom is -0.466 e. The number of ether oxygens (including phenoxy) is 2. The summed E-state index contributed by atoms with van der Waals surface area (Å²) in [7, 11) is 1.59. The maximum atomic E-state index is 11.3. The van der Waals surface area contributed by atoms with Crippen LogP contribution in [0.3, 0.4) is 0 Å². The molecule has 6 nitrogen and oxygen atoms in total. The summed E-state index contributed by atoms with van der Waals surface area (Å²) < 4.78 is 15.2. The van der Waals surface area contributed by atoms with Crippen molar-refractivity contribution in [3.05, 3.63) is 11.7 Å². The van der Waals surface area contributed by atoms with E-state index in [-0.39, 0.29) is 29.8 Å². The number of aromatic nitrogens is 2. The summed E-state index contributed by atoms with van der Waals surface area (Å²) in [6.07, 6.45) is -0.293. The normalized spacial score (nSPS) is 13.4. The Labute approximate surface area is 107 Å². The highest BCUT2D eigenvalue weighted by molar-refractivity contribution is 5.71. The highest BCUT2D eigenvalue weighted by Gasteiger charge is 2.30. The molecule has 0 amide bonds. The Balaban J connectivity index is 2.76. The molecule has 1 atom stereocenters. The SMILES string of the molecule is CCOC(=O)Cc1nc(C(OC)C(C)(C)C)no1. The van der Waals surface area contributed by atoms with Gasteiger partial charge < -0.3 is 14.0 Å². The summed E-state index contributed by atoms with van der Waals surface area (Å²) in [5.41, 5.74) is -0.153. The van der Waals surface area contributed by atoms with E-state index < -0.39 is 0 Å². The van der Waals surface area contributed by atoms with Crippen molar-refractivity contribution < 1.29 is 18.8 Å². The summed E-state index contributed by atoms with van der Waals surface area (Å²) in [6, 6.07) is 0. The van der Waals surface area contributed by atoms with Gasteiger partial charge in [0, 0.05) is 7.11 Å². The molecule has 0 aliphatic rings. The molecule has 0 aliphatic heterocycles. The first-order valence-corrected chi connectivity index (χ1v) is 5.89. The molecule has 0 aromatic carbocycles. The van der Waals surface area contributed by atoms with E-state index in [1.54, 1.807) is 14.0 Å². The van der Waals surface area contributed by atoms with E-state index in [2.05, 4.69) is 10.1 Å². The third-order valence-electron chi connectivity index (χ3n) is 2.34. The number of esters is 1. The molecule has 102 valence electrons. The van der Waals surface area contributed by atoms with Crippen molar-refractivity contribution in [1.82, 2.24) is 10.1 Å². The van der Waals surface area contributed by atoms with Gasteiger partial charge in [0.15, 0.2) is 0 Å². The van der Waals surface area contributed by atoms with Crippen molar-refractivity contribution in [3.8, 4) is 0 Å². The van der Waals surface area contributed by atoms with Crippen LogP contribution in [0.15, 0.2) is 4.52 Å². The van der Waals surface area contributed by atoms with Crippen molar-refractivity contribution in [1.29, 1.82) is 0 Å². The van der Waals surface area contributed by atoms with Crippen LogP contribution in [0.1, 0.15) is 45.5 Å². The zero-order valence-corrected chi connectivity index (χ0v) is 11.5. The summed E-state index contributed by atoms with van der Waals surface area (Å²) in [5.74, 6) is 0.316. The van der Waals surface area contributed by atoms with Crippen LogP contribution in [0.5, 0.6) is 0 Å². The fraction of sp³-hybridized carbons (Fsp3) is 0.750. The molecule has 1 aromatic rings. The lowest BCUT2D eigenvalue weighted by Gasteiger charge is -2.26. The van der Waals surface area contributed by atoms with Gasteiger partial charge in [0.1, 0.15) is 12.5 Å². The molecule has 0 saturated heterocycles. The second-order valence-corrected chi connectivity index (χ2v) is 5.01. The second-order valence-electron chi connectivity index (χ2n) is 5.01. The summed E-state index contributed by atoms with van der Waals surface area (Å²) in [5, 5.41) is 3.85. The fourth-order valence-corrected chi connectivity index (χ4v) is 1.63. The molecule has 0 radical (unpaired) electrons. The predicted octanol–water partition coefficient (Wildman–Crippen LogP) is 1.91. The smallest absolute Gasteiger partial charge is 0.315 e. The zero-order chi connectivity index (χ0) is 13.8. The van der Waals surface area contributed by atoms with Gasteiger partial charge in [-0.3, -0.25) is 4.79 Å². The zero-order valence-electron chi connectivity index (χ0n) is 11.5. The van der Waals surface area contributed by atoms with Crippen LogP contribution in [0.25, 0.3) is 0 Å². The van der Waals surface area contributed by atoms with E-state index in [1.807, 2.05) is 20.8 Å². The van der Waals surface area contributed by atoms with Crippen LogP contribution >= 0.6 is 0 Å². The molecule has 1 unspecified atom stereocenters. The number of hydrogen-bond donors (Lipinski definition) is 0. The Kier molecular flexibility index (Phi) is 4.84. The lowest BCUT2D eigenvalue weighted by atomic mass is 9.88. The molecular formula is C12H20N2O4. The number of carbonyl (C=O) groups excluding carboxylic acids is 1. The molecule has 1 heterocycles. The number of rotatable bonds is 5. The lowest BCUT2D eigenvalue weighted by molar-refractivity contribution is -0.142. The van der Waals surface area contributed by atoms with E-state index in [0.717, 1.165) is 0 Å². The number of hydrogen-bond acceptors (Lipinski definition) is 6. The Morgan fingerprint density at radius 1 is 1.44 bits per heavy atom. The van der Waals surface area contributed by atoms with Gasteiger partial charge in [-0.05, 0) is 12.3 Å². The molecule has 0 spiro atoms. The number of nitrogens with zero attached hydrogens (tertiary/aromatic N) is 2. The lowest BCUT2D eigenvalue weighted by Crippen LogP contribution is -2.21. The third kappa shape index (κ3) is 3.80. The fourth-order valence-electron chi connectivity index (χ4n) is 1.63. The molecule has 1 aromatic heterocycles. The van der Waals surface area contributed by atoms with Crippen LogP contribution in [-0.2, 0) is 20.7 Å². The predicted molar refractivity (Wildman–Crippen MR) is 63.8 cm³/mol. The minimum atomic E-state index is -0.377. The van der Waals surface area contributed by atoms with E-state index in [4.69, 9.17) is 14.0 Å². The van der Waals surface area contributed by atoms with Gasteiger partial charge >= 0.3 is 5.97 Å². The molecule has 18 heavy (non-hydrogen) atoms. The topological polar surface area (TPSA) is 74.5 Å². The first kappa shape index (κ1) is 14.6. The summed E-state index contributed by atoms with van der Waals surface area (Å²) >= 11 is 0. The largest absolute Gasteiger partial charge is 0.466 e. The van der Waals surface area contributed by atoms with Crippen LogP contribution < -0.4 is 0 Å². The summed E-state index contributed by atoms with van der Waals surface area (Å²) in [6.45, 7) is 8.13. The number of carbonyl (C=O) groups is 1. The molecule has 0 fully saturated rings. The van der Waals surface area contributed by atoms with Gasteiger partial charge in [-0.15, -0.1) is 0 Å². The Morgan fingerprint density at radius 2 is 2.11 bits per heavy atom. The van der Waals surface area contributed by atoms with Crippen molar-refractivity contribution in [3.63, 3.8) is 0 Å². The van der Waals surface area contributed by atoms with Gasteiger partial charge in [-0.25, -0.2) is 0 Å². The maximum Gasteiger partial charge on any atom is 0.315 e. The van der Waals surface area contributed by atoms with Crippen LogP contribution in [0.4, 0.5) is 0 Å².